The van der Waals surface area contributed by atoms with E-state index in [2.05, 4.69) is 30.5 Å². The van der Waals surface area contributed by atoms with Gasteiger partial charge in [-0.1, -0.05) is 0 Å². The Kier molecular flexibility index (Phi) is 5.15. The first-order valence-corrected chi connectivity index (χ1v) is 10.4. The molecular formula is C20H26FN7O. The quantitative estimate of drug-likeness (QED) is 0.789. The van der Waals surface area contributed by atoms with Crippen molar-refractivity contribution in [1.82, 2.24) is 20.3 Å². The largest absolute Gasteiger partial charge is 0.378 e. The lowest BCUT2D eigenvalue weighted by molar-refractivity contribution is 0.122. The smallest absolute Gasteiger partial charge is 0.189 e. The summed E-state index contributed by atoms with van der Waals surface area (Å²) in [5.41, 5.74) is 1.62. The molecule has 154 valence electrons. The summed E-state index contributed by atoms with van der Waals surface area (Å²) in [6.45, 7) is 5.62. The van der Waals surface area contributed by atoms with E-state index in [9.17, 15) is 0 Å². The number of pyridine rings is 1. The summed E-state index contributed by atoms with van der Waals surface area (Å²) in [5, 5.41) is 6.54. The number of aromatic nitrogens is 3. The van der Waals surface area contributed by atoms with Crippen LogP contribution in [0.3, 0.4) is 0 Å². The minimum Gasteiger partial charge on any atom is -0.378 e. The molecule has 2 aliphatic heterocycles. The molecule has 2 aromatic rings. The van der Waals surface area contributed by atoms with Gasteiger partial charge in [0.25, 0.3) is 0 Å². The van der Waals surface area contributed by atoms with Crippen LogP contribution in [0.1, 0.15) is 24.5 Å². The van der Waals surface area contributed by atoms with Crippen LogP contribution in [0.4, 0.5) is 27.5 Å². The van der Waals surface area contributed by atoms with Gasteiger partial charge in [-0.25, -0.2) is 14.4 Å². The van der Waals surface area contributed by atoms with Crippen molar-refractivity contribution in [3.05, 3.63) is 30.0 Å². The van der Waals surface area contributed by atoms with Crippen LogP contribution in [0.15, 0.2) is 18.5 Å². The highest BCUT2D eigenvalue weighted by molar-refractivity contribution is 5.66. The number of piperazine rings is 1. The van der Waals surface area contributed by atoms with E-state index in [0.29, 0.717) is 55.4 Å². The van der Waals surface area contributed by atoms with E-state index in [0.717, 1.165) is 31.9 Å². The highest BCUT2D eigenvalue weighted by Gasteiger charge is 2.26. The molecular weight excluding hydrogens is 373 g/mol. The lowest BCUT2D eigenvalue weighted by atomic mass is 10.2. The van der Waals surface area contributed by atoms with Gasteiger partial charge in [0.2, 0.25) is 0 Å². The Morgan fingerprint density at radius 2 is 1.79 bits per heavy atom. The Labute approximate surface area is 169 Å². The van der Waals surface area contributed by atoms with Gasteiger partial charge in [-0.15, -0.1) is 0 Å². The number of halogens is 1. The SMILES string of the molecule is Fc1c(N2CCNCC2)cc(Nc2cnc(C3CC3)cn2)nc1N1CCOCC1. The fourth-order valence-corrected chi connectivity index (χ4v) is 3.81. The summed E-state index contributed by atoms with van der Waals surface area (Å²) in [7, 11) is 0. The van der Waals surface area contributed by atoms with Crippen LogP contribution in [-0.2, 0) is 4.74 Å². The van der Waals surface area contributed by atoms with Crippen molar-refractivity contribution in [2.75, 3.05) is 67.6 Å². The predicted octanol–water partition coefficient (Wildman–Crippen LogP) is 1.88. The fourth-order valence-electron chi connectivity index (χ4n) is 3.81. The molecule has 5 rings (SSSR count). The maximum absolute atomic E-state index is 15.4. The summed E-state index contributed by atoms with van der Waals surface area (Å²) in [5.74, 6) is 1.86. The number of ether oxygens (including phenoxy) is 1. The summed E-state index contributed by atoms with van der Waals surface area (Å²) >= 11 is 0. The maximum Gasteiger partial charge on any atom is 0.189 e. The Hall–Kier alpha value is -2.52. The van der Waals surface area contributed by atoms with E-state index in [-0.39, 0.29) is 5.82 Å². The van der Waals surface area contributed by atoms with Crippen LogP contribution >= 0.6 is 0 Å². The van der Waals surface area contributed by atoms with Crippen molar-refractivity contribution in [3.63, 3.8) is 0 Å². The van der Waals surface area contributed by atoms with Gasteiger partial charge in [0.15, 0.2) is 11.6 Å². The Morgan fingerprint density at radius 1 is 1.00 bits per heavy atom. The zero-order valence-electron chi connectivity index (χ0n) is 16.4. The molecule has 4 heterocycles. The number of morpholine rings is 1. The first-order valence-electron chi connectivity index (χ1n) is 10.4. The number of hydrogen-bond acceptors (Lipinski definition) is 8. The third-order valence-corrected chi connectivity index (χ3v) is 5.61. The molecule has 1 aliphatic carbocycles. The molecule has 0 spiro atoms. The van der Waals surface area contributed by atoms with Gasteiger partial charge in [-0.05, 0) is 12.8 Å². The molecule has 8 nitrogen and oxygen atoms in total. The zero-order valence-corrected chi connectivity index (χ0v) is 16.4. The number of nitrogens with zero attached hydrogens (tertiary/aromatic N) is 5. The van der Waals surface area contributed by atoms with Crippen molar-refractivity contribution in [2.24, 2.45) is 0 Å². The molecule has 9 heteroatoms. The first kappa shape index (κ1) is 18.5. The summed E-state index contributed by atoms with van der Waals surface area (Å²) in [6, 6.07) is 1.78. The lowest BCUT2D eigenvalue weighted by Gasteiger charge is -2.33. The molecule has 2 saturated heterocycles. The predicted molar refractivity (Wildman–Crippen MR) is 110 cm³/mol. The third-order valence-electron chi connectivity index (χ3n) is 5.61. The molecule has 0 atom stereocenters. The van der Waals surface area contributed by atoms with Crippen LogP contribution < -0.4 is 20.4 Å². The summed E-state index contributed by atoms with van der Waals surface area (Å²) in [6.07, 6.45) is 5.94. The molecule has 1 saturated carbocycles. The second-order valence-electron chi connectivity index (χ2n) is 7.73. The van der Waals surface area contributed by atoms with E-state index < -0.39 is 0 Å². The van der Waals surface area contributed by atoms with Gasteiger partial charge in [-0.2, -0.15) is 0 Å². The normalized spacial score (nSPS) is 20.0. The first-order chi connectivity index (χ1) is 14.3. The molecule has 0 radical (unpaired) electrons. The van der Waals surface area contributed by atoms with Gasteiger partial charge < -0.3 is 25.2 Å². The van der Waals surface area contributed by atoms with Gasteiger partial charge >= 0.3 is 0 Å². The van der Waals surface area contributed by atoms with Crippen molar-refractivity contribution < 1.29 is 9.13 Å². The monoisotopic (exact) mass is 399 g/mol. The van der Waals surface area contributed by atoms with E-state index in [1.807, 2.05) is 11.1 Å². The molecule has 2 aromatic heterocycles. The maximum atomic E-state index is 15.4. The minimum absolute atomic E-state index is 0.269. The van der Waals surface area contributed by atoms with Crippen molar-refractivity contribution in [2.45, 2.75) is 18.8 Å². The Balaban J connectivity index is 1.45. The molecule has 3 fully saturated rings. The third kappa shape index (κ3) is 4.11. The number of hydrogen-bond donors (Lipinski definition) is 2. The highest BCUT2D eigenvalue weighted by Crippen LogP contribution is 2.38. The van der Waals surface area contributed by atoms with Crippen molar-refractivity contribution in [3.8, 4) is 0 Å². The average Bonchev–Trinajstić information content (AvgIpc) is 3.62. The van der Waals surface area contributed by atoms with E-state index >= 15 is 4.39 Å². The topological polar surface area (TPSA) is 78.4 Å². The van der Waals surface area contributed by atoms with E-state index in [1.165, 1.54) is 12.8 Å². The summed E-state index contributed by atoms with van der Waals surface area (Å²) < 4.78 is 20.9. The second-order valence-corrected chi connectivity index (χ2v) is 7.73. The van der Waals surface area contributed by atoms with Gasteiger partial charge in [0, 0.05) is 51.3 Å². The molecule has 29 heavy (non-hydrogen) atoms. The minimum atomic E-state index is -0.269. The Morgan fingerprint density at radius 3 is 2.48 bits per heavy atom. The average molecular weight is 399 g/mol. The summed E-state index contributed by atoms with van der Waals surface area (Å²) in [4.78, 5) is 17.6. The number of nitrogens with one attached hydrogen (secondary N) is 2. The number of rotatable bonds is 5. The van der Waals surface area contributed by atoms with Crippen molar-refractivity contribution >= 4 is 23.1 Å². The number of anilines is 4. The Bertz CT molecular complexity index is 807. The van der Waals surface area contributed by atoms with E-state index in [4.69, 9.17) is 4.74 Å². The van der Waals surface area contributed by atoms with Crippen LogP contribution in [-0.4, -0.2) is 67.4 Å². The van der Waals surface area contributed by atoms with Crippen molar-refractivity contribution in [1.29, 1.82) is 0 Å². The van der Waals surface area contributed by atoms with E-state index in [1.54, 1.807) is 12.3 Å². The molecule has 2 N–H and O–H groups in total. The molecule has 0 unspecified atom stereocenters. The van der Waals surface area contributed by atoms with Gasteiger partial charge in [0.1, 0.15) is 11.6 Å². The van der Waals surface area contributed by atoms with Gasteiger partial charge in [-0.3, -0.25) is 4.98 Å². The van der Waals surface area contributed by atoms with Crippen LogP contribution in [0, 0.1) is 5.82 Å². The van der Waals surface area contributed by atoms with Crippen LogP contribution in [0.25, 0.3) is 0 Å². The fraction of sp³-hybridized carbons (Fsp3) is 0.550. The molecule has 0 amide bonds. The van der Waals surface area contributed by atoms with Gasteiger partial charge in [0.05, 0.1) is 37.0 Å². The highest BCUT2D eigenvalue weighted by atomic mass is 19.1. The molecule has 3 aliphatic rings. The second kappa shape index (κ2) is 8.08. The van der Waals surface area contributed by atoms with Crippen LogP contribution in [0.5, 0.6) is 0 Å². The lowest BCUT2D eigenvalue weighted by Crippen LogP contribution is -2.44. The molecule has 0 bridgehead atoms. The standard InChI is InChI=1S/C20H26FN7O/c21-19-16(27-5-3-22-4-6-27)11-17(26-20(19)28-7-9-29-10-8-28)25-18-13-23-15(12-24-18)14-1-2-14/h11-14,22H,1-10H2,(H,24,25,26). The van der Waals surface area contributed by atoms with Crippen LogP contribution in [0.2, 0.25) is 0 Å². The zero-order chi connectivity index (χ0) is 19.6. The molecule has 0 aromatic carbocycles.